The standard InChI is InChI=1S/2C13H9.Al.ClH/c2*1-3-7-12-10(5-1)9-11-6-2-4-8-13(11)12;;/h2*1-9H;;1H/q;;+1;/p-1. The van der Waals surface area contributed by atoms with E-state index in [9.17, 15) is 0 Å². The Morgan fingerprint density at radius 3 is 0.929 bits per heavy atom. The summed E-state index contributed by atoms with van der Waals surface area (Å²) in [4.78, 5) is 0. The Morgan fingerprint density at radius 2 is 0.643 bits per heavy atom. The molecule has 2 aliphatic carbocycles. The van der Waals surface area contributed by atoms with Gasteiger partial charge in [0.1, 0.15) is 0 Å². The molecule has 0 amide bonds. The average Bonchev–Trinajstić information content (AvgIpc) is 3.23. The van der Waals surface area contributed by atoms with E-state index in [1.165, 1.54) is 44.5 Å². The van der Waals surface area contributed by atoms with Crippen molar-refractivity contribution in [3.63, 3.8) is 0 Å². The van der Waals surface area contributed by atoms with Crippen molar-refractivity contribution in [3.05, 3.63) is 119 Å². The van der Waals surface area contributed by atoms with Crippen molar-refractivity contribution in [2.75, 3.05) is 0 Å². The molecule has 0 aliphatic heterocycles. The third kappa shape index (κ3) is 2.51. The Labute approximate surface area is 178 Å². The molecule has 0 N–H and O–H groups in total. The van der Waals surface area contributed by atoms with E-state index < -0.39 is 0 Å². The van der Waals surface area contributed by atoms with Gasteiger partial charge in [0.05, 0.1) is 0 Å². The van der Waals surface area contributed by atoms with Gasteiger partial charge in [-0.15, -0.1) is 0 Å². The molecule has 132 valence electrons. The molecule has 2 aliphatic rings. The van der Waals surface area contributed by atoms with Crippen LogP contribution < -0.4 is 12.4 Å². The molecule has 0 saturated carbocycles. The Morgan fingerprint density at radius 1 is 0.393 bits per heavy atom. The Hall–Kier alpha value is -2.30. The predicted octanol–water partition coefficient (Wildman–Crippen LogP) is 3.23. The fourth-order valence-corrected chi connectivity index (χ4v) is 7.37. The molecule has 4 aromatic carbocycles. The third-order valence-electron chi connectivity index (χ3n) is 6.15. The second kappa shape index (κ2) is 6.94. The van der Waals surface area contributed by atoms with Gasteiger partial charge >= 0.3 is 166 Å². The van der Waals surface area contributed by atoms with Crippen LogP contribution in [0.1, 0.15) is 31.8 Å². The summed E-state index contributed by atoms with van der Waals surface area (Å²) in [5.74, 6) is 0. The molecule has 0 unspecified atom stereocenters. The molecule has 2 heteroatoms. The molecular weight excluding hydrogens is 375 g/mol. The van der Waals surface area contributed by atoms with Crippen molar-refractivity contribution in [2.24, 2.45) is 0 Å². The molecule has 0 spiro atoms. The average molecular weight is 393 g/mol. The summed E-state index contributed by atoms with van der Waals surface area (Å²) in [6.45, 7) is 0. The van der Waals surface area contributed by atoms with E-state index in [-0.39, 0.29) is 27.6 Å². The second-order valence-electron chi connectivity index (χ2n) is 7.50. The zero-order chi connectivity index (χ0) is 17.8. The molecule has 0 fully saturated rings. The van der Waals surface area contributed by atoms with E-state index in [0.29, 0.717) is 9.56 Å². The fraction of sp³-hybridized carbons (Fsp3) is 0.0769. The SMILES string of the molecule is [Cl-].c1ccc2c(c1)-c1ccccc1[CH]2[Al+][CH]1c2ccccc2-c2ccccc21. The van der Waals surface area contributed by atoms with Crippen LogP contribution in [0.5, 0.6) is 0 Å². The van der Waals surface area contributed by atoms with Crippen LogP contribution in [-0.4, -0.2) is 15.2 Å². The number of fused-ring (bicyclic) bond motifs is 6. The monoisotopic (exact) mass is 392 g/mol. The van der Waals surface area contributed by atoms with Crippen molar-refractivity contribution >= 4 is 15.2 Å². The first kappa shape index (κ1) is 17.8. The van der Waals surface area contributed by atoms with Crippen molar-refractivity contribution < 1.29 is 12.4 Å². The van der Waals surface area contributed by atoms with E-state index in [2.05, 4.69) is 97.1 Å². The summed E-state index contributed by atoms with van der Waals surface area (Å²) >= 11 is 0.169. The van der Waals surface area contributed by atoms with E-state index in [4.69, 9.17) is 0 Å². The molecule has 0 atom stereocenters. The zero-order valence-corrected chi connectivity index (χ0v) is 17.3. The van der Waals surface area contributed by atoms with Crippen LogP contribution in [0.3, 0.4) is 0 Å². The van der Waals surface area contributed by atoms with Gasteiger partial charge in [0.2, 0.25) is 0 Å². The normalized spacial score (nSPS) is 13.7. The van der Waals surface area contributed by atoms with Crippen molar-refractivity contribution in [2.45, 2.75) is 9.56 Å². The Bertz CT molecular complexity index is 996. The summed E-state index contributed by atoms with van der Waals surface area (Å²) in [7, 11) is 0. The van der Waals surface area contributed by atoms with E-state index in [0.717, 1.165) is 0 Å². The number of rotatable bonds is 2. The first-order valence-electron chi connectivity index (χ1n) is 9.63. The Kier molecular flexibility index (Phi) is 4.41. The summed E-state index contributed by atoms with van der Waals surface area (Å²) in [5, 5.41) is 0. The number of hydrogen-bond acceptors (Lipinski definition) is 0. The number of halogens is 1. The van der Waals surface area contributed by atoms with Gasteiger partial charge in [-0.1, -0.05) is 0 Å². The van der Waals surface area contributed by atoms with Gasteiger partial charge in [-0.25, -0.2) is 0 Å². The van der Waals surface area contributed by atoms with Gasteiger partial charge in [0.25, 0.3) is 0 Å². The van der Waals surface area contributed by atoms with Gasteiger partial charge in [-0.05, 0) is 0 Å². The minimum absolute atomic E-state index is 0. The maximum atomic E-state index is 2.35. The number of hydrogen-bond donors (Lipinski definition) is 0. The minimum atomic E-state index is 0. The topological polar surface area (TPSA) is 0 Å². The maximum absolute atomic E-state index is 2.35. The van der Waals surface area contributed by atoms with Gasteiger partial charge < -0.3 is 12.4 Å². The van der Waals surface area contributed by atoms with E-state index in [1.54, 1.807) is 0 Å². The van der Waals surface area contributed by atoms with Gasteiger partial charge in [0, 0.05) is 0 Å². The van der Waals surface area contributed by atoms with E-state index >= 15 is 0 Å². The first-order chi connectivity index (χ1) is 13.4. The second-order valence-corrected chi connectivity index (χ2v) is 9.22. The van der Waals surface area contributed by atoms with Crippen LogP contribution in [-0.2, 0) is 0 Å². The number of benzene rings is 4. The quantitative estimate of drug-likeness (QED) is 0.459. The van der Waals surface area contributed by atoms with Crippen molar-refractivity contribution in [3.8, 4) is 22.3 Å². The first-order valence-corrected chi connectivity index (χ1v) is 11.0. The molecule has 28 heavy (non-hydrogen) atoms. The van der Waals surface area contributed by atoms with Crippen LogP contribution in [0.4, 0.5) is 0 Å². The molecule has 6 rings (SSSR count). The van der Waals surface area contributed by atoms with E-state index in [1.807, 2.05) is 0 Å². The molecule has 0 radical (unpaired) electrons. The van der Waals surface area contributed by atoms with Crippen LogP contribution in [0, 0.1) is 0 Å². The third-order valence-corrected chi connectivity index (χ3v) is 8.35. The van der Waals surface area contributed by atoms with Crippen LogP contribution in [0.2, 0.25) is 0 Å². The molecule has 4 aromatic rings. The Balaban J connectivity index is 0.00000171. The molecule has 0 aromatic heterocycles. The van der Waals surface area contributed by atoms with Gasteiger partial charge in [0.15, 0.2) is 0 Å². The van der Waals surface area contributed by atoms with Crippen LogP contribution >= 0.6 is 0 Å². The van der Waals surface area contributed by atoms with Crippen LogP contribution in [0.25, 0.3) is 22.3 Å². The predicted molar refractivity (Wildman–Crippen MR) is 113 cm³/mol. The van der Waals surface area contributed by atoms with Gasteiger partial charge in [-0.2, -0.15) is 0 Å². The molecule has 0 bridgehead atoms. The van der Waals surface area contributed by atoms with Gasteiger partial charge in [-0.3, -0.25) is 0 Å². The summed E-state index contributed by atoms with van der Waals surface area (Å²) in [6, 6.07) is 36.1. The van der Waals surface area contributed by atoms with Crippen LogP contribution in [0.15, 0.2) is 97.1 Å². The molecule has 0 heterocycles. The van der Waals surface area contributed by atoms with Crippen molar-refractivity contribution in [1.29, 1.82) is 0 Å². The molecular formula is C26H18AlCl. The molecule has 0 nitrogen and oxygen atoms in total. The summed E-state index contributed by atoms with van der Waals surface area (Å²) < 4.78 is 1.09. The molecule has 0 saturated heterocycles. The van der Waals surface area contributed by atoms with Crippen molar-refractivity contribution in [1.82, 2.24) is 0 Å². The fourth-order valence-electron chi connectivity index (χ4n) is 5.00. The zero-order valence-electron chi connectivity index (χ0n) is 15.3. The summed E-state index contributed by atoms with van der Waals surface area (Å²) in [6.07, 6.45) is 0. The summed E-state index contributed by atoms with van der Waals surface area (Å²) in [5.41, 5.74) is 11.8.